The maximum Gasteiger partial charge on any atom is 0.416 e. The Morgan fingerprint density at radius 1 is 1.44 bits per heavy atom. The van der Waals surface area contributed by atoms with Gasteiger partial charge in [0.05, 0.1) is 23.4 Å². The Balaban J connectivity index is 2.95. The number of benzene rings is 1. The van der Waals surface area contributed by atoms with Crippen molar-refractivity contribution in [2.75, 3.05) is 18.9 Å². The molecule has 1 aromatic carbocycles. The van der Waals surface area contributed by atoms with Gasteiger partial charge in [0.15, 0.2) is 0 Å². The first-order chi connectivity index (χ1) is 8.38. The molecule has 0 unspecified atom stereocenters. The van der Waals surface area contributed by atoms with Crippen LogP contribution in [0.25, 0.3) is 0 Å². The van der Waals surface area contributed by atoms with Crippen molar-refractivity contribution in [3.63, 3.8) is 0 Å². The molecule has 1 aromatic rings. The largest absolute Gasteiger partial charge is 0.416 e. The van der Waals surface area contributed by atoms with Crippen LogP contribution in [0.3, 0.4) is 0 Å². The predicted octanol–water partition coefficient (Wildman–Crippen LogP) is 1.73. The fourth-order valence-electron chi connectivity index (χ4n) is 1.23. The topological polar surface area (TPSA) is 64.9 Å². The number of nitrogens with one attached hydrogen (secondary N) is 2. The van der Waals surface area contributed by atoms with E-state index in [1.54, 1.807) is 6.07 Å². The van der Waals surface area contributed by atoms with Crippen molar-refractivity contribution in [3.05, 3.63) is 29.3 Å². The molecule has 1 rings (SSSR count). The van der Waals surface area contributed by atoms with Crippen LogP contribution >= 0.6 is 0 Å². The molecule has 0 aliphatic heterocycles. The fourth-order valence-corrected chi connectivity index (χ4v) is 1.23. The van der Waals surface area contributed by atoms with Gasteiger partial charge in [-0.15, -0.1) is 0 Å². The lowest BCUT2D eigenvalue weighted by atomic mass is 10.1. The van der Waals surface area contributed by atoms with Crippen LogP contribution in [-0.2, 0) is 11.0 Å². The molecular weight excluding hydrogens is 247 g/mol. The first kappa shape index (κ1) is 13.8. The number of hydrogen-bond donors (Lipinski definition) is 2. The summed E-state index contributed by atoms with van der Waals surface area (Å²) in [4.78, 5) is 11.0. The Bertz CT molecular complexity index is 491. The zero-order valence-electron chi connectivity index (χ0n) is 9.43. The van der Waals surface area contributed by atoms with Crippen LogP contribution in [-0.4, -0.2) is 19.5 Å². The summed E-state index contributed by atoms with van der Waals surface area (Å²) in [6, 6.07) is 4.38. The highest BCUT2D eigenvalue weighted by molar-refractivity contribution is 5.81. The van der Waals surface area contributed by atoms with Crippen molar-refractivity contribution in [2.45, 2.75) is 6.18 Å². The van der Waals surface area contributed by atoms with Crippen LogP contribution in [0, 0.1) is 11.3 Å². The van der Waals surface area contributed by atoms with E-state index in [1.165, 1.54) is 7.05 Å². The number of likely N-dealkylation sites (N-methyl/N-ethyl adjacent to an activating group) is 1. The predicted molar refractivity (Wildman–Crippen MR) is 58.7 cm³/mol. The third kappa shape index (κ3) is 3.38. The molecule has 18 heavy (non-hydrogen) atoms. The molecule has 0 atom stereocenters. The Morgan fingerprint density at radius 3 is 2.61 bits per heavy atom. The van der Waals surface area contributed by atoms with Gasteiger partial charge in [-0.1, -0.05) is 0 Å². The lowest BCUT2D eigenvalue weighted by Crippen LogP contribution is -2.26. The number of anilines is 1. The van der Waals surface area contributed by atoms with E-state index >= 15 is 0 Å². The second-order valence-electron chi connectivity index (χ2n) is 3.40. The summed E-state index contributed by atoms with van der Waals surface area (Å²) in [7, 11) is 1.43. The standard InChI is InChI=1S/C11H10F3N3O/c1-16-10(18)6-17-9-3-2-8(11(12,13)14)4-7(9)5-15/h2-4,17H,6H2,1H3,(H,16,18). The molecule has 0 radical (unpaired) electrons. The minimum Gasteiger partial charge on any atom is -0.375 e. The quantitative estimate of drug-likeness (QED) is 0.866. The SMILES string of the molecule is CNC(=O)CNc1ccc(C(F)(F)F)cc1C#N. The van der Waals surface area contributed by atoms with Crippen LogP contribution in [0.2, 0.25) is 0 Å². The lowest BCUT2D eigenvalue weighted by molar-refractivity contribution is -0.137. The molecule has 0 saturated carbocycles. The van der Waals surface area contributed by atoms with E-state index in [0.717, 1.165) is 18.2 Å². The Hall–Kier alpha value is -2.23. The van der Waals surface area contributed by atoms with Gasteiger partial charge in [-0.3, -0.25) is 4.79 Å². The van der Waals surface area contributed by atoms with E-state index in [1.807, 2.05) is 0 Å². The zero-order chi connectivity index (χ0) is 13.8. The van der Waals surface area contributed by atoms with E-state index in [0.29, 0.717) is 0 Å². The molecule has 0 spiro atoms. The van der Waals surface area contributed by atoms with Crippen LogP contribution < -0.4 is 10.6 Å². The number of rotatable bonds is 3. The molecule has 4 nitrogen and oxygen atoms in total. The zero-order valence-corrected chi connectivity index (χ0v) is 9.43. The summed E-state index contributed by atoms with van der Waals surface area (Å²) in [5.41, 5.74) is -0.868. The maximum absolute atomic E-state index is 12.4. The van der Waals surface area contributed by atoms with E-state index < -0.39 is 11.7 Å². The molecule has 0 saturated heterocycles. The van der Waals surface area contributed by atoms with Gasteiger partial charge in [0.25, 0.3) is 0 Å². The molecule has 0 fully saturated rings. The van der Waals surface area contributed by atoms with Gasteiger partial charge < -0.3 is 10.6 Å². The van der Waals surface area contributed by atoms with Crippen LogP contribution in [0.15, 0.2) is 18.2 Å². The van der Waals surface area contributed by atoms with Gasteiger partial charge in [0.2, 0.25) is 5.91 Å². The Morgan fingerprint density at radius 2 is 2.11 bits per heavy atom. The highest BCUT2D eigenvalue weighted by Crippen LogP contribution is 2.31. The molecular formula is C11H10F3N3O. The third-order valence-electron chi connectivity index (χ3n) is 2.19. The average Bonchev–Trinajstić information content (AvgIpc) is 2.34. The van der Waals surface area contributed by atoms with Crippen molar-refractivity contribution in [3.8, 4) is 6.07 Å². The summed E-state index contributed by atoms with van der Waals surface area (Å²) < 4.78 is 37.2. The van der Waals surface area contributed by atoms with Crippen LogP contribution in [0.4, 0.5) is 18.9 Å². The molecule has 0 aromatic heterocycles. The highest BCUT2D eigenvalue weighted by atomic mass is 19.4. The van der Waals surface area contributed by atoms with Crippen molar-refractivity contribution >= 4 is 11.6 Å². The van der Waals surface area contributed by atoms with E-state index in [2.05, 4.69) is 10.6 Å². The van der Waals surface area contributed by atoms with Crippen molar-refractivity contribution in [1.82, 2.24) is 5.32 Å². The van der Waals surface area contributed by atoms with Gasteiger partial charge in [0, 0.05) is 7.05 Å². The number of halogens is 3. The molecule has 7 heteroatoms. The van der Waals surface area contributed by atoms with E-state index in [9.17, 15) is 18.0 Å². The summed E-state index contributed by atoms with van der Waals surface area (Å²) in [6.07, 6.45) is -4.50. The maximum atomic E-state index is 12.4. The molecule has 2 N–H and O–H groups in total. The van der Waals surface area contributed by atoms with Crippen LogP contribution in [0.1, 0.15) is 11.1 Å². The first-order valence-electron chi connectivity index (χ1n) is 4.94. The smallest absolute Gasteiger partial charge is 0.375 e. The highest BCUT2D eigenvalue weighted by Gasteiger charge is 2.31. The second-order valence-corrected chi connectivity index (χ2v) is 3.40. The molecule has 0 heterocycles. The number of nitriles is 1. The Labute approximate surface area is 101 Å². The minimum atomic E-state index is -4.50. The third-order valence-corrected chi connectivity index (χ3v) is 2.19. The second kappa shape index (κ2) is 5.40. The number of nitrogens with zero attached hydrogens (tertiary/aromatic N) is 1. The van der Waals surface area contributed by atoms with Gasteiger partial charge in [-0.05, 0) is 18.2 Å². The monoisotopic (exact) mass is 257 g/mol. The van der Waals surface area contributed by atoms with Gasteiger partial charge >= 0.3 is 6.18 Å². The summed E-state index contributed by atoms with van der Waals surface area (Å²) in [6.45, 7) is -0.115. The number of alkyl halides is 3. The minimum absolute atomic E-state index is 0.115. The molecule has 0 aliphatic rings. The summed E-state index contributed by atoms with van der Waals surface area (Å²) in [5, 5.41) is 13.7. The number of amides is 1. The van der Waals surface area contributed by atoms with Crippen molar-refractivity contribution in [2.24, 2.45) is 0 Å². The van der Waals surface area contributed by atoms with Gasteiger partial charge in [-0.2, -0.15) is 18.4 Å². The molecule has 1 amide bonds. The van der Waals surface area contributed by atoms with Gasteiger partial charge in [-0.25, -0.2) is 0 Å². The summed E-state index contributed by atoms with van der Waals surface area (Å²) in [5.74, 6) is -0.334. The normalized spacial score (nSPS) is 10.6. The molecule has 96 valence electrons. The number of carbonyl (C=O) groups excluding carboxylic acids is 1. The van der Waals surface area contributed by atoms with Crippen LogP contribution in [0.5, 0.6) is 0 Å². The fraction of sp³-hybridized carbons (Fsp3) is 0.273. The van der Waals surface area contributed by atoms with Crippen molar-refractivity contribution in [1.29, 1.82) is 5.26 Å². The number of carbonyl (C=O) groups is 1. The summed E-state index contributed by atoms with van der Waals surface area (Å²) >= 11 is 0. The number of hydrogen-bond acceptors (Lipinski definition) is 3. The average molecular weight is 257 g/mol. The van der Waals surface area contributed by atoms with E-state index in [4.69, 9.17) is 5.26 Å². The van der Waals surface area contributed by atoms with Crippen molar-refractivity contribution < 1.29 is 18.0 Å². The Kier molecular flexibility index (Phi) is 4.15. The van der Waals surface area contributed by atoms with E-state index in [-0.39, 0.29) is 23.7 Å². The lowest BCUT2D eigenvalue weighted by Gasteiger charge is -2.11. The van der Waals surface area contributed by atoms with Gasteiger partial charge in [0.1, 0.15) is 6.07 Å². The first-order valence-corrected chi connectivity index (χ1v) is 4.94. The molecule has 0 bridgehead atoms. The molecule has 0 aliphatic carbocycles.